The van der Waals surface area contributed by atoms with Crippen LogP contribution in [0.15, 0.2) is 46.2 Å². The molecule has 27 heavy (non-hydrogen) atoms. The SMILES string of the molecule is Cc1cc(C)cc(S(=O)(=O)c2c(C(=O)NCCO)[nH]c3ccc(Cl)cc23)c1. The lowest BCUT2D eigenvalue weighted by atomic mass is 10.2. The largest absolute Gasteiger partial charge is 0.395 e. The average molecular weight is 407 g/mol. The predicted octanol–water partition coefficient (Wildman–Crippen LogP) is 2.99. The van der Waals surface area contributed by atoms with E-state index in [1.807, 2.05) is 19.9 Å². The first-order valence-corrected chi connectivity index (χ1v) is 10.1. The minimum Gasteiger partial charge on any atom is -0.395 e. The first-order valence-electron chi connectivity index (χ1n) is 8.27. The third-order valence-electron chi connectivity index (χ3n) is 4.11. The van der Waals surface area contributed by atoms with Crippen molar-refractivity contribution in [2.45, 2.75) is 23.6 Å². The number of H-pyrrole nitrogens is 1. The Balaban J connectivity index is 2.30. The number of sulfone groups is 1. The second-order valence-corrected chi connectivity index (χ2v) is 8.65. The molecule has 0 aliphatic carbocycles. The van der Waals surface area contributed by atoms with Crippen LogP contribution < -0.4 is 5.32 Å². The van der Waals surface area contributed by atoms with Gasteiger partial charge in [-0.15, -0.1) is 0 Å². The number of carbonyl (C=O) groups excluding carboxylic acids is 1. The van der Waals surface area contributed by atoms with E-state index in [2.05, 4.69) is 10.3 Å². The summed E-state index contributed by atoms with van der Waals surface area (Å²) in [6, 6.07) is 9.78. The number of hydrogen-bond donors (Lipinski definition) is 3. The predicted molar refractivity (Wildman–Crippen MR) is 104 cm³/mol. The van der Waals surface area contributed by atoms with E-state index in [1.54, 1.807) is 24.3 Å². The Hall–Kier alpha value is -2.35. The Morgan fingerprint density at radius 1 is 1.15 bits per heavy atom. The van der Waals surface area contributed by atoms with Gasteiger partial charge in [-0.05, 0) is 55.3 Å². The molecule has 0 saturated heterocycles. The molecular weight excluding hydrogens is 388 g/mol. The lowest BCUT2D eigenvalue weighted by molar-refractivity contribution is 0.0937. The van der Waals surface area contributed by atoms with Gasteiger partial charge in [-0.3, -0.25) is 4.79 Å². The zero-order valence-electron chi connectivity index (χ0n) is 14.8. The van der Waals surface area contributed by atoms with Gasteiger partial charge in [0.15, 0.2) is 0 Å². The number of aromatic nitrogens is 1. The molecule has 1 aromatic heterocycles. The molecule has 0 unspecified atom stereocenters. The first-order chi connectivity index (χ1) is 12.7. The number of benzene rings is 2. The molecule has 3 N–H and O–H groups in total. The van der Waals surface area contributed by atoms with Crippen LogP contribution in [0.2, 0.25) is 5.02 Å². The number of carbonyl (C=O) groups is 1. The van der Waals surface area contributed by atoms with Gasteiger partial charge >= 0.3 is 0 Å². The van der Waals surface area contributed by atoms with Crippen LogP contribution in [-0.4, -0.2) is 37.6 Å². The number of fused-ring (bicyclic) bond motifs is 1. The van der Waals surface area contributed by atoms with E-state index in [0.29, 0.717) is 15.9 Å². The smallest absolute Gasteiger partial charge is 0.269 e. The van der Waals surface area contributed by atoms with E-state index in [1.165, 1.54) is 6.07 Å². The Kier molecular flexibility index (Phi) is 5.28. The highest BCUT2D eigenvalue weighted by atomic mass is 35.5. The Morgan fingerprint density at radius 2 is 1.81 bits per heavy atom. The highest BCUT2D eigenvalue weighted by Gasteiger charge is 2.30. The van der Waals surface area contributed by atoms with Crippen molar-refractivity contribution in [3.63, 3.8) is 0 Å². The highest BCUT2D eigenvalue weighted by Crippen LogP contribution is 2.34. The number of rotatable bonds is 5. The standard InChI is InChI=1S/C19H19ClN2O4S/c1-11-7-12(2)9-14(8-11)27(25,26)18-15-10-13(20)3-4-16(15)22-17(18)19(24)21-5-6-23/h3-4,7-10,22-23H,5-6H2,1-2H3,(H,21,24). The molecule has 0 atom stereocenters. The maximum absolute atomic E-state index is 13.4. The van der Waals surface area contributed by atoms with Crippen molar-refractivity contribution in [3.8, 4) is 0 Å². The topological polar surface area (TPSA) is 99.3 Å². The summed E-state index contributed by atoms with van der Waals surface area (Å²) in [4.78, 5) is 15.4. The zero-order chi connectivity index (χ0) is 19.8. The van der Waals surface area contributed by atoms with Gasteiger partial charge in [-0.25, -0.2) is 8.42 Å². The molecule has 0 radical (unpaired) electrons. The van der Waals surface area contributed by atoms with Gasteiger partial charge in [0.25, 0.3) is 5.91 Å². The van der Waals surface area contributed by atoms with E-state index in [0.717, 1.165) is 11.1 Å². The number of aryl methyl sites for hydroxylation is 2. The van der Waals surface area contributed by atoms with E-state index in [-0.39, 0.29) is 28.6 Å². The van der Waals surface area contributed by atoms with Crippen molar-refractivity contribution in [2.24, 2.45) is 0 Å². The molecule has 142 valence electrons. The van der Waals surface area contributed by atoms with E-state index >= 15 is 0 Å². The maximum atomic E-state index is 13.4. The Morgan fingerprint density at radius 3 is 2.44 bits per heavy atom. The molecule has 0 fully saturated rings. The summed E-state index contributed by atoms with van der Waals surface area (Å²) in [5.41, 5.74) is 2.01. The van der Waals surface area contributed by atoms with E-state index in [9.17, 15) is 13.2 Å². The Labute approximate surface area is 162 Å². The van der Waals surface area contributed by atoms with Gasteiger partial charge < -0.3 is 15.4 Å². The summed E-state index contributed by atoms with van der Waals surface area (Å²) in [7, 11) is -4.00. The molecule has 3 rings (SSSR count). The molecule has 3 aromatic rings. The molecule has 6 nitrogen and oxygen atoms in total. The van der Waals surface area contributed by atoms with Crippen LogP contribution >= 0.6 is 11.6 Å². The van der Waals surface area contributed by atoms with Crippen molar-refractivity contribution < 1.29 is 18.3 Å². The fraction of sp³-hybridized carbons (Fsp3) is 0.211. The van der Waals surface area contributed by atoms with E-state index in [4.69, 9.17) is 16.7 Å². The Bertz CT molecular complexity index is 1120. The van der Waals surface area contributed by atoms with Crippen molar-refractivity contribution in [2.75, 3.05) is 13.2 Å². The van der Waals surface area contributed by atoms with Crippen molar-refractivity contribution in [1.29, 1.82) is 0 Å². The fourth-order valence-electron chi connectivity index (χ4n) is 3.04. The number of aliphatic hydroxyl groups excluding tert-OH is 1. The summed E-state index contributed by atoms with van der Waals surface area (Å²) in [5.74, 6) is -0.612. The van der Waals surface area contributed by atoms with Crippen LogP contribution in [0, 0.1) is 13.8 Å². The summed E-state index contributed by atoms with van der Waals surface area (Å²) < 4.78 is 26.9. The minimum atomic E-state index is -4.00. The van der Waals surface area contributed by atoms with Gasteiger partial charge in [0.2, 0.25) is 9.84 Å². The normalized spacial score (nSPS) is 11.7. The fourth-order valence-corrected chi connectivity index (χ4v) is 5.00. The maximum Gasteiger partial charge on any atom is 0.269 e. The molecule has 1 heterocycles. The van der Waals surface area contributed by atoms with Gasteiger partial charge in [-0.2, -0.15) is 0 Å². The number of hydrogen-bond acceptors (Lipinski definition) is 4. The number of halogens is 1. The van der Waals surface area contributed by atoms with Crippen LogP contribution in [0.3, 0.4) is 0 Å². The van der Waals surface area contributed by atoms with Gasteiger partial charge in [0, 0.05) is 22.5 Å². The number of amides is 1. The molecule has 0 saturated carbocycles. The molecule has 8 heteroatoms. The van der Waals surface area contributed by atoms with Crippen LogP contribution in [0.25, 0.3) is 10.9 Å². The average Bonchev–Trinajstić information content (AvgIpc) is 2.98. The summed E-state index contributed by atoms with van der Waals surface area (Å²) >= 11 is 6.07. The van der Waals surface area contributed by atoms with Crippen LogP contribution in [0.4, 0.5) is 0 Å². The lowest BCUT2D eigenvalue weighted by Crippen LogP contribution is -2.28. The molecule has 1 amide bonds. The monoisotopic (exact) mass is 406 g/mol. The second kappa shape index (κ2) is 7.34. The molecule has 2 aromatic carbocycles. The third kappa shape index (κ3) is 3.71. The quantitative estimate of drug-likeness (QED) is 0.606. The zero-order valence-corrected chi connectivity index (χ0v) is 16.4. The molecule has 0 bridgehead atoms. The van der Waals surface area contributed by atoms with Crippen molar-refractivity contribution in [3.05, 3.63) is 58.2 Å². The van der Waals surface area contributed by atoms with Crippen LogP contribution in [0.5, 0.6) is 0 Å². The highest BCUT2D eigenvalue weighted by molar-refractivity contribution is 7.91. The number of aromatic amines is 1. The van der Waals surface area contributed by atoms with Gasteiger partial charge in [-0.1, -0.05) is 17.7 Å². The minimum absolute atomic E-state index is 0.0119. The van der Waals surface area contributed by atoms with Crippen molar-refractivity contribution >= 4 is 38.2 Å². The van der Waals surface area contributed by atoms with Crippen LogP contribution in [-0.2, 0) is 9.84 Å². The third-order valence-corrected chi connectivity index (χ3v) is 6.16. The molecular formula is C19H19ClN2O4S. The van der Waals surface area contributed by atoms with Gasteiger partial charge in [0.1, 0.15) is 10.6 Å². The molecule has 0 aliphatic rings. The second-order valence-electron chi connectivity index (χ2n) is 6.33. The summed E-state index contributed by atoms with van der Waals surface area (Å²) in [6.07, 6.45) is 0. The van der Waals surface area contributed by atoms with Gasteiger partial charge in [0.05, 0.1) is 11.5 Å². The first kappa shape index (κ1) is 19.4. The van der Waals surface area contributed by atoms with E-state index < -0.39 is 15.7 Å². The molecule has 0 spiro atoms. The summed E-state index contributed by atoms with van der Waals surface area (Å²) in [5, 5.41) is 12.1. The van der Waals surface area contributed by atoms with Crippen LogP contribution in [0.1, 0.15) is 21.6 Å². The van der Waals surface area contributed by atoms with Crippen molar-refractivity contribution in [1.82, 2.24) is 10.3 Å². The number of aliphatic hydroxyl groups is 1. The number of nitrogens with one attached hydrogen (secondary N) is 2. The molecule has 0 aliphatic heterocycles. The lowest BCUT2D eigenvalue weighted by Gasteiger charge is -2.09. The summed E-state index contributed by atoms with van der Waals surface area (Å²) in [6.45, 7) is 3.38.